The highest BCUT2D eigenvalue weighted by Gasteiger charge is 2.67. The number of piperazine rings is 2. The molecular weight excluding hydrogens is 1220 g/mol. The second-order valence-electron chi connectivity index (χ2n) is 26.5. The van der Waals surface area contributed by atoms with Gasteiger partial charge in [-0.05, 0) is 153 Å². The number of hydrogen-bond donors (Lipinski definition) is 4. The average molecular weight is 1300 g/mol. The van der Waals surface area contributed by atoms with Crippen LogP contribution in [0.15, 0.2) is 117 Å². The SMILES string of the molecule is CC1(C)CCC(CN2CCN(c3ccc(C(=O)NS(=O)(=O)c4ccc(N[C@H](CCN5CCN(C(=O)CCCCNc6ccc7c(c6)C(=O)N(C6CCC(=O)NC6=O)C7=O)CC5)CSc5ccccc5)c(S(=O)(=O)C(F)(F)F)c4)cc3)CC2)=C(C23CC(C)(C2)C3)C1. The van der Waals surface area contributed by atoms with Crippen LogP contribution in [0.3, 0.4) is 0 Å². The molecule has 3 saturated carbocycles. The topological polar surface area (TPSA) is 235 Å². The Morgan fingerprint density at radius 2 is 1.47 bits per heavy atom. The maximum atomic E-state index is 14.5. The Morgan fingerprint density at radius 3 is 2.14 bits per heavy atom. The molecule has 6 fully saturated rings. The zero-order chi connectivity index (χ0) is 64.0. The number of unbranched alkanes of at least 4 members (excludes halogenated alkanes) is 1. The van der Waals surface area contributed by atoms with Crippen molar-refractivity contribution < 1.29 is 58.8 Å². The Balaban J connectivity index is 0.668. The van der Waals surface area contributed by atoms with E-state index in [0.717, 1.165) is 66.8 Å². The summed E-state index contributed by atoms with van der Waals surface area (Å²) < 4.78 is 99.8. The number of anilines is 3. The van der Waals surface area contributed by atoms with Crippen LogP contribution in [0, 0.1) is 16.2 Å². The van der Waals surface area contributed by atoms with Crippen molar-refractivity contribution in [2.75, 3.05) is 93.3 Å². The third kappa shape index (κ3) is 14.0. The van der Waals surface area contributed by atoms with Crippen molar-refractivity contribution in [1.82, 2.24) is 29.6 Å². The number of hydrogen-bond acceptors (Lipinski definition) is 16. The first-order valence-corrected chi connectivity index (χ1v) is 35.0. The van der Waals surface area contributed by atoms with Gasteiger partial charge in [-0.3, -0.25) is 48.8 Å². The molecule has 0 spiro atoms. The van der Waals surface area contributed by atoms with Crippen LogP contribution in [-0.2, 0) is 34.2 Å². The predicted octanol–water partition coefficient (Wildman–Crippen LogP) is 8.71. The minimum absolute atomic E-state index is 0.0163. The number of piperidine rings is 1. The molecular formula is C65H78F3N9O10S3. The van der Waals surface area contributed by atoms with E-state index in [1.807, 2.05) is 35.1 Å². The summed E-state index contributed by atoms with van der Waals surface area (Å²) in [5.41, 5.74) is 0.125. The van der Waals surface area contributed by atoms with Crippen molar-refractivity contribution in [2.24, 2.45) is 16.2 Å². The van der Waals surface area contributed by atoms with Crippen molar-refractivity contribution in [3.63, 3.8) is 0 Å². The number of imide groups is 2. The molecule has 19 nitrogen and oxygen atoms in total. The van der Waals surface area contributed by atoms with Crippen LogP contribution in [0.5, 0.6) is 0 Å². The first-order chi connectivity index (χ1) is 42.7. The van der Waals surface area contributed by atoms with Gasteiger partial charge >= 0.3 is 5.51 Å². The Bertz CT molecular complexity index is 3700. The third-order valence-corrected chi connectivity index (χ3v) is 23.2. The van der Waals surface area contributed by atoms with Crippen molar-refractivity contribution >= 4 is 84.1 Å². The van der Waals surface area contributed by atoms with Gasteiger partial charge in [-0.25, -0.2) is 21.6 Å². The molecule has 482 valence electrons. The number of benzene rings is 4. The molecule has 4 aromatic carbocycles. The van der Waals surface area contributed by atoms with Crippen molar-refractivity contribution in [3.8, 4) is 0 Å². The van der Waals surface area contributed by atoms with E-state index in [9.17, 15) is 58.8 Å². The smallest absolute Gasteiger partial charge is 0.385 e. The van der Waals surface area contributed by atoms with Gasteiger partial charge in [0.2, 0.25) is 17.7 Å². The van der Waals surface area contributed by atoms with Crippen LogP contribution in [0.25, 0.3) is 0 Å². The number of rotatable bonds is 23. The molecule has 6 amide bonds. The van der Waals surface area contributed by atoms with Crippen molar-refractivity contribution in [1.29, 1.82) is 0 Å². The Morgan fingerprint density at radius 1 is 0.778 bits per heavy atom. The number of fused-ring (bicyclic) bond motifs is 1. The molecule has 0 aromatic heterocycles. The van der Waals surface area contributed by atoms with E-state index >= 15 is 0 Å². The summed E-state index contributed by atoms with van der Waals surface area (Å²) in [7, 11) is -11.1. The van der Waals surface area contributed by atoms with E-state index in [0.29, 0.717) is 86.5 Å². The number of carbonyl (C=O) groups is 6. The zero-order valence-corrected chi connectivity index (χ0v) is 53.4. The third-order valence-electron chi connectivity index (χ3n) is 19.1. The molecule has 1 unspecified atom stereocenters. The maximum absolute atomic E-state index is 14.5. The molecule has 4 heterocycles. The summed E-state index contributed by atoms with van der Waals surface area (Å²) in [4.78, 5) is 85.5. The van der Waals surface area contributed by atoms with E-state index in [2.05, 4.69) is 51.4 Å². The number of sulfone groups is 1. The van der Waals surface area contributed by atoms with E-state index in [1.165, 1.54) is 62.1 Å². The lowest BCUT2D eigenvalue weighted by atomic mass is 9.33. The summed E-state index contributed by atoms with van der Waals surface area (Å²) in [5.74, 6) is -3.15. The number of alkyl halides is 3. The quantitative estimate of drug-likeness (QED) is 0.0235. The van der Waals surface area contributed by atoms with Gasteiger partial charge in [0, 0.05) is 118 Å². The number of allylic oxidation sites excluding steroid dienone is 1. The van der Waals surface area contributed by atoms with Crippen molar-refractivity contribution in [3.05, 3.63) is 119 Å². The second kappa shape index (κ2) is 25.7. The minimum Gasteiger partial charge on any atom is -0.385 e. The lowest BCUT2D eigenvalue weighted by Crippen LogP contribution is -2.61. The Hall–Kier alpha value is -6.80. The minimum atomic E-state index is -6.16. The number of halogens is 3. The lowest BCUT2D eigenvalue weighted by Gasteiger charge is -2.72. The molecule has 3 saturated heterocycles. The fourth-order valence-electron chi connectivity index (χ4n) is 14.4. The van der Waals surface area contributed by atoms with Gasteiger partial charge in [-0.2, -0.15) is 13.2 Å². The summed E-state index contributed by atoms with van der Waals surface area (Å²) in [6, 6.07) is 21.1. The molecule has 4 N–H and O–H groups in total. The van der Waals surface area contributed by atoms with Gasteiger partial charge in [0.15, 0.2) is 0 Å². The summed E-state index contributed by atoms with van der Waals surface area (Å²) in [6.07, 6.45) is 9.33. The predicted molar refractivity (Wildman–Crippen MR) is 336 cm³/mol. The van der Waals surface area contributed by atoms with Crippen LogP contribution in [0.1, 0.15) is 129 Å². The summed E-state index contributed by atoms with van der Waals surface area (Å²) in [6.45, 7) is 14.2. The van der Waals surface area contributed by atoms with Gasteiger partial charge < -0.3 is 20.4 Å². The highest BCUT2D eigenvalue weighted by molar-refractivity contribution is 7.99. The number of nitrogens with zero attached hydrogens (tertiary/aromatic N) is 5. The summed E-state index contributed by atoms with van der Waals surface area (Å²) >= 11 is 1.40. The standard InChI is InChI=1S/C65H78F3N9O10S3/c1-62(2)24-22-44(52(37-62)64-40-63(3,41-64)42-64)38-74-29-31-75(32-30-74)47-15-12-43(13-16-47)58(80)72-90(86,87)49-17-19-53(55(36-49)89(84,85)65(66,67)68)70-46(39-88-48-9-5-4-6-10-48)23-26-73-27-33-76(34-28-73)57(79)11-7-8-25-69-45-14-18-50-51(35-45)61(83)77(60(50)82)54-20-21-56(78)71-59(54)81/h4-6,9-10,12-19,35-36,46,54,69-70H,7-8,11,20-34,37-42H2,1-3H3,(H,72,80)(H,71,78,81)/t46-,54?,63?,64?/m1/s1. The van der Waals surface area contributed by atoms with Gasteiger partial charge in [0.25, 0.3) is 37.6 Å². The number of carbonyl (C=O) groups excluding carboxylic acids is 6. The van der Waals surface area contributed by atoms with Gasteiger partial charge in [-0.1, -0.05) is 50.1 Å². The fourth-order valence-corrected chi connectivity index (χ4v) is 17.4. The first-order valence-electron chi connectivity index (χ1n) is 31.0. The molecule has 12 rings (SSSR count). The number of thioether (sulfide) groups is 1. The molecule has 4 aromatic rings. The molecule has 8 aliphatic rings. The monoisotopic (exact) mass is 1300 g/mol. The van der Waals surface area contributed by atoms with E-state index in [-0.39, 0.29) is 47.6 Å². The highest BCUT2D eigenvalue weighted by atomic mass is 32.2. The van der Waals surface area contributed by atoms with Crippen LogP contribution in [-0.4, -0.2) is 167 Å². The molecule has 25 heteroatoms. The molecule has 2 atom stereocenters. The van der Waals surface area contributed by atoms with Crippen LogP contribution in [0.4, 0.5) is 30.2 Å². The second-order valence-corrected chi connectivity index (χ2v) is 31.1. The fraction of sp³-hybridized carbons (Fsp3) is 0.508. The van der Waals surface area contributed by atoms with E-state index < -0.39 is 82.5 Å². The maximum Gasteiger partial charge on any atom is 0.501 e. The lowest BCUT2D eigenvalue weighted by molar-refractivity contribution is -0.167. The number of nitrogens with one attached hydrogen (secondary N) is 4. The Kier molecular flexibility index (Phi) is 18.5. The molecule has 90 heavy (non-hydrogen) atoms. The van der Waals surface area contributed by atoms with Gasteiger partial charge in [0.05, 0.1) is 21.7 Å². The Labute approximate surface area is 528 Å². The molecule has 2 bridgehead atoms. The van der Waals surface area contributed by atoms with Gasteiger partial charge in [0.1, 0.15) is 10.9 Å². The number of sulfonamides is 1. The largest absolute Gasteiger partial charge is 0.501 e. The molecule has 4 aliphatic heterocycles. The molecule has 0 radical (unpaired) electrons. The van der Waals surface area contributed by atoms with Crippen LogP contribution in [0.2, 0.25) is 0 Å². The zero-order valence-electron chi connectivity index (χ0n) is 51.0. The van der Waals surface area contributed by atoms with E-state index in [4.69, 9.17) is 0 Å². The van der Waals surface area contributed by atoms with Crippen LogP contribution >= 0.6 is 11.8 Å². The normalized spacial score (nSPS) is 23.4. The van der Waals surface area contributed by atoms with Crippen molar-refractivity contribution in [2.45, 2.75) is 130 Å². The first kappa shape index (κ1) is 64.7. The molecule has 4 aliphatic carbocycles. The number of amides is 6. The van der Waals surface area contributed by atoms with Crippen LogP contribution < -0.4 is 25.6 Å². The van der Waals surface area contributed by atoms with E-state index in [1.54, 1.807) is 40.3 Å². The summed E-state index contributed by atoms with van der Waals surface area (Å²) in [5, 5.41) is 8.42. The highest BCUT2D eigenvalue weighted by Crippen LogP contribution is 2.77. The average Bonchev–Trinajstić information content (AvgIpc) is 0.792. The van der Waals surface area contributed by atoms with Gasteiger partial charge in [-0.15, -0.1) is 11.8 Å².